The third-order valence-electron chi connectivity index (χ3n) is 3.25. The van der Waals surface area contributed by atoms with Crippen molar-refractivity contribution < 1.29 is 36.8 Å². The van der Waals surface area contributed by atoms with Crippen LogP contribution in [0, 0.1) is 15.9 Å². The molecule has 29 heavy (non-hydrogen) atoms. The number of halogens is 7. The van der Waals surface area contributed by atoms with Crippen LogP contribution in [0.15, 0.2) is 18.2 Å². The van der Waals surface area contributed by atoms with E-state index in [-0.39, 0.29) is 6.07 Å². The topological polar surface area (TPSA) is 91.6 Å². The lowest BCUT2D eigenvalue weighted by Crippen LogP contribution is -2.20. The van der Waals surface area contributed by atoms with E-state index in [1.807, 2.05) is 0 Å². The van der Waals surface area contributed by atoms with Crippen LogP contribution < -0.4 is 9.47 Å². The van der Waals surface area contributed by atoms with Gasteiger partial charge in [0.1, 0.15) is 5.02 Å². The van der Waals surface area contributed by atoms with Gasteiger partial charge < -0.3 is 9.47 Å². The van der Waals surface area contributed by atoms with Gasteiger partial charge >= 0.3 is 11.9 Å². The summed E-state index contributed by atoms with van der Waals surface area (Å²) < 4.78 is 62.5. The number of nitrogens with zero attached hydrogens (tertiary/aromatic N) is 2. The van der Waals surface area contributed by atoms with Crippen molar-refractivity contribution in [1.29, 1.82) is 0 Å². The van der Waals surface area contributed by atoms with Gasteiger partial charge in [-0.2, -0.15) is 18.2 Å². The highest BCUT2D eigenvalue weighted by Crippen LogP contribution is 2.44. The van der Waals surface area contributed by atoms with Crippen LogP contribution in [0.3, 0.4) is 0 Å². The lowest BCUT2D eigenvalue weighted by Gasteiger charge is -2.15. The molecule has 1 aromatic carbocycles. The second kappa shape index (κ2) is 8.56. The van der Waals surface area contributed by atoms with Gasteiger partial charge in [0.2, 0.25) is 5.88 Å². The number of nitro groups is 1. The Balaban J connectivity index is 2.48. The molecular formula is C15H7Cl3F4N2O5. The zero-order valence-corrected chi connectivity index (χ0v) is 16.2. The molecule has 0 aliphatic heterocycles. The average Bonchev–Trinajstić information content (AvgIpc) is 2.60. The van der Waals surface area contributed by atoms with Crippen molar-refractivity contribution in [1.82, 2.24) is 4.98 Å². The minimum absolute atomic E-state index is 0.259. The van der Waals surface area contributed by atoms with Crippen LogP contribution in [-0.2, 0) is 11.0 Å². The van der Waals surface area contributed by atoms with E-state index in [0.717, 1.165) is 12.1 Å². The second-order valence-corrected chi connectivity index (χ2v) is 6.42. The molecule has 1 atom stereocenters. The van der Waals surface area contributed by atoms with E-state index in [0.29, 0.717) is 0 Å². The molecule has 0 N–H and O–H groups in total. The third-order valence-corrected chi connectivity index (χ3v) is 4.17. The summed E-state index contributed by atoms with van der Waals surface area (Å²) in [5, 5.41) is 8.29. The fourth-order valence-corrected chi connectivity index (χ4v) is 2.47. The molecule has 1 unspecified atom stereocenters. The van der Waals surface area contributed by atoms with E-state index in [1.54, 1.807) is 0 Å². The number of hydrogen-bond acceptors (Lipinski definition) is 6. The van der Waals surface area contributed by atoms with Crippen molar-refractivity contribution >= 4 is 45.7 Å². The van der Waals surface area contributed by atoms with Gasteiger partial charge in [-0.3, -0.25) is 14.9 Å². The highest BCUT2D eigenvalue weighted by atomic mass is 35.5. The SMILES string of the molecule is CC(Oc1nc(Oc2c(Cl)cc(C(F)(F)F)c(F)c2Cl)ccc1[N+](=O)[O-])C(=O)Cl. The third kappa shape index (κ3) is 5.17. The fourth-order valence-electron chi connectivity index (χ4n) is 1.90. The monoisotopic (exact) mass is 476 g/mol. The number of carbonyl (C=O) groups is 1. The summed E-state index contributed by atoms with van der Waals surface area (Å²) in [6.45, 7) is 1.19. The quantitative estimate of drug-likeness (QED) is 0.172. The Hall–Kier alpha value is -2.37. The summed E-state index contributed by atoms with van der Waals surface area (Å²) in [7, 11) is 0. The fraction of sp³-hybridized carbons (Fsp3) is 0.200. The van der Waals surface area contributed by atoms with Crippen molar-refractivity contribution in [2.75, 3.05) is 0 Å². The zero-order chi connectivity index (χ0) is 22.1. The Morgan fingerprint density at radius 1 is 1.31 bits per heavy atom. The number of carbonyl (C=O) groups excluding carboxylic acids is 1. The largest absolute Gasteiger partial charge is 0.460 e. The van der Waals surface area contributed by atoms with Crippen LogP contribution in [0.5, 0.6) is 17.5 Å². The molecular weight excluding hydrogens is 471 g/mol. The van der Waals surface area contributed by atoms with Gasteiger partial charge in [0, 0.05) is 12.1 Å². The van der Waals surface area contributed by atoms with Crippen LogP contribution >= 0.6 is 34.8 Å². The number of alkyl halides is 3. The zero-order valence-electron chi connectivity index (χ0n) is 13.9. The maximum Gasteiger partial charge on any atom is 0.419 e. The van der Waals surface area contributed by atoms with Gasteiger partial charge in [0.15, 0.2) is 17.7 Å². The van der Waals surface area contributed by atoms with E-state index < -0.39 is 67.1 Å². The van der Waals surface area contributed by atoms with E-state index >= 15 is 0 Å². The maximum absolute atomic E-state index is 14.0. The first-order valence-corrected chi connectivity index (χ1v) is 8.40. The molecule has 7 nitrogen and oxygen atoms in total. The highest BCUT2D eigenvalue weighted by Gasteiger charge is 2.37. The number of rotatable bonds is 6. The molecule has 0 radical (unpaired) electrons. The molecule has 2 rings (SSSR count). The molecule has 0 saturated heterocycles. The molecule has 0 bridgehead atoms. The lowest BCUT2D eigenvalue weighted by atomic mass is 10.2. The number of hydrogen-bond donors (Lipinski definition) is 0. The summed E-state index contributed by atoms with van der Waals surface area (Å²) >= 11 is 16.5. The van der Waals surface area contributed by atoms with Crippen molar-refractivity contribution in [2.24, 2.45) is 0 Å². The van der Waals surface area contributed by atoms with Crippen molar-refractivity contribution in [2.45, 2.75) is 19.2 Å². The van der Waals surface area contributed by atoms with Gasteiger partial charge in [-0.15, -0.1) is 0 Å². The van der Waals surface area contributed by atoms with Crippen LogP contribution in [-0.4, -0.2) is 21.3 Å². The molecule has 0 aliphatic rings. The van der Waals surface area contributed by atoms with Crippen molar-refractivity contribution in [3.8, 4) is 17.5 Å². The number of benzene rings is 1. The molecule has 1 aromatic heterocycles. The summed E-state index contributed by atoms with van der Waals surface area (Å²) in [4.78, 5) is 24.9. The smallest absolute Gasteiger partial charge is 0.419 e. The summed E-state index contributed by atoms with van der Waals surface area (Å²) in [5.74, 6) is -3.73. The number of pyridine rings is 1. The minimum Gasteiger partial charge on any atom is -0.460 e. The molecule has 156 valence electrons. The molecule has 2 aromatic rings. The molecule has 14 heteroatoms. The van der Waals surface area contributed by atoms with Crippen LogP contribution in [0.4, 0.5) is 23.2 Å². The Morgan fingerprint density at radius 3 is 2.45 bits per heavy atom. The molecule has 0 saturated carbocycles. The Morgan fingerprint density at radius 2 is 1.93 bits per heavy atom. The van der Waals surface area contributed by atoms with Gasteiger partial charge in [-0.05, 0) is 24.6 Å². The highest BCUT2D eigenvalue weighted by molar-refractivity contribution is 6.64. The first-order chi connectivity index (χ1) is 13.3. The van der Waals surface area contributed by atoms with Crippen LogP contribution in [0.2, 0.25) is 10.0 Å². The van der Waals surface area contributed by atoms with Gasteiger partial charge in [0.05, 0.1) is 15.5 Å². The minimum atomic E-state index is -5.06. The van der Waals surface area contributed by atoms with Crippen LogP contribution in [0.1, 0.15) is 12.5 Å². The molecule has 0 amide bonds. The van der Waals surface area contributed by atoms with Gasteiger partial charge in [-0.1, -0.05) is 23.2 Å². The number of ether oxygens (including phenoxy) is 2. The molecule has 0 spiro atoms. The van der Waals surface area contributed by atoms with Crippen molar-refractivity contribution in [3.63, 3.8) is 0 Å². The van der Waals surface area contributed by atoms with E-state index in [2.05, 4.69) is 4.98 Å². The Labute approximate surface area is 174 Å². The average molecular weight is 478 g/mol. The molecule has 1 heterocycles. The number of aromatic nitrogens is 1. The Kier molecular flexibility index (Phi) is 6.76. The van der Waals surface area contributed by atoms with E-state index in [9.17, 15) is 32.5 Å². The predicted molar refractivity (Wildman–Crippen MR) is 93.3 cm³/mol. The summed E-state index contributed by atoms with van der Waals surface area (Å²) in [6.07, 6.45) is -6.39. The van der Waals surface area contributed by atoms with E-state index in [1.165, 1.54) is 6.92 Å². The lowest BCUT2D eigenvalue weighted by molar-refractivity contribution is -0.386. The van der Waals surface area contributed by atoms with E-state index in [4.69, 9.17) is 44.3 Å². The standard InChI is InChI=1S/C15H7Cl3F4N2O5/c1-5(13(18)25)28-14-8(24(26)27)2-3-9(23-14)29-12-7(16)4-6(15(20,21)22)11(19)10(12)17/h2-5H,1H3. The van der Waals surface area contributed by atoms with Gasteiger partial charge in [0.25, 0.3) is 11.1 Å². The second-order valence-electron chi connectivity index (χ2n) is 5.26. The summed E-state index contributed by atoms with van der Waals surface area (Å²) in [5.41, 5.74) is -2.38. The predicted octanol–water partition coefficient (Wildman–Crippen LogP) is 5.78. The van der Waals surface area contributed by atoms with Crippen LogP contribution in [0.25, 0.3) is 0 Å². The maximum atomic E-state index is 14.0. The molecule has 0 fully saturated rings. The van der Waals surface area contributed by atoms with Gasteiger partial charge in [-0.25, -0.2) is 4.39 Å². The summed E-state index contributed by atoms with van der Waals surface area (Å²) in [6, 6.07) is 2.06. The first-order valence-electron chi connectivity index (χ1n) is 7.27. The first kappa shape index (κ1) is 22.9. The Bertz CT molecular complexity index is 987. The normalized spacial score (nSPS) is 12.4. The van der Waals surface area contributed by atoms with Crippen molar-refractivity contribution in [3.05, 3.63) is 49.7 Å². The molecule has 0 aliphatic carbocycles.